The van der Waals surface area contributed by atoms with Crippen LogP contribution in [0.15, 0.2) is 48.5 Å². The maximum Gasteiger partial charge on any atom is 0.0314 e. The van der Waals surface area contributed by atoms with Crippen LogP contribution in [-0.4, -0.2) is 0 Å². The summed E-state index contributed by atoms with van der Waals surface area (Å²) in [6.45, 7) is 4.93. The zero-order valence-corrected chi connectivity index (χ0v) is 18.5. The second-order valence-electron chi connectivity index (χ2n) is 10.5. The third-order valence-electron chi connectivity index (χ3n) is 8.05. The van der Waals surface area contributed by atoms with Crippen LogP contribution in [0.5, 0.6) is 0 Å². The normalized spacial score (nSPS) is 30.2. The molecule has 2 aliphatic carbocycles. The Morgan fingerprint density at radius 1 is 0.759 bits per heavy atom. The van der Waals surface area contributed by atoms with Crippen molar-refractivity contribution >= 4 is 5.69 Å². The molecule has 0 heterocycles. The quantitative estimate of drug-likeness (QED) is 0.526. The Kier molecular flexibility index (Phi) is 6.32. The third kappa shape index (κ3) is 5.24. The fraction of sp³-hybridized carbons (Fsp3) is 0.571. The van der Waals surface area contributed by atoms with E-state index in [9.17, 15) is 0 Å². The highest BCUT2D eigenvalue weighted by Gasteiger charge is 2.33. The lowest BCUT2D eigenvalue weighted by Gasteiger charge is -2.39. The van der Waals surface area contributed by atoms with Gasteiger partial charge in [0.1, 0.15) is 0 Å². The fourth-order valence-corrected chi connectivity index (χ4v) is 5.77. The van der Waals surface area contributed by atoms with E-state index in [1.54, 1.807) is 5.56 Å². The van der Waals surface area contributed by atoms with Crippen LogP contribution in [0.3, 0.4) is 0 Å². The average Bonchev–Trinajstić information content (AvgIpc) is 2.74. The van der Waals surface area contributed by atoms with Crippen LogP contribution in [0.4, 0.5) is 5.69 Å². The van der Waals surface area contributed by atoms with Gasteiger partial charge in [0, 0.05) is 5.69 Å². The Labute approximate surface area is 178 Å². The van der Waals surface area contributed by atoms with E-state index in [2.05, 4.69) is 50.2 Å². The first-order chi connectivity index (χ1) is 14.0. The van der Waals surface area contributed by atoms with Crippen LogP contribution < -0.4 is 5.73 Å². The number of hydrogen-bond donors (Lipinski definition) is 1. The molecule has 2 saturated carbocycles. The lowest BCUT2D eigenvalue weighted by atomic mass is 9.65. The molecule has 2 N–H and O–H groups in total. The molecule has 4 rings (SSSR count). The molecular formula is C28H39N. The van der Waals surface area contributed by atoms with Crippen LogP contribution in [0.1, 0.15) is 88.3 Å². The largest absolute Gasteiger partial charge is 0.399 e. The second kappa shape index (κ2) is 8.94. The first-order valence-corrected chi connectivity index (χ1v) is 11.9. The van der Waals surface area contributed by atoms with E-state index in [4.69, 9.17) is 5.73 Å². The Balaban J connectivity index is 1.31. The second-order valence-corrected chi connectivity index (χ2v) is 10.5. The van der Waals surface area contributed by atoms with Crippen molar-refractivity contribution in [2.75, 3.05) is 5.73 Å². The monoisotopic (exact) mass is 389 g/mol. The highest BCUT2D eigenvalue weighted by atomic mass is 14.5. The predicted molar refractivity (Wildman–Crippen MR) is 125 cm³/mol. The molecule has 2 aromatic rings. The summed E-state index contributed by atoms with van der Waals surface area (Å²) < 4.78 is 0. The molecule has 0 aliphatic heterocycles. The Morgan fingerprint density at radius 3 is 1.86 bits per heavy atom. The summed E-state index contributed by atoms with van der Waals surface area (Å²) in [4.78, 5) is 0. The molecule has 0 radical (unpaired) electrons. The Bertz CT molecular complexity index is 757. The van der Waals surface area contributed by atoms with Crippen LogP contribution >= 0.6 is 0 Å². The lowest BCUT2D eigenvalue weighted by Crippen LogP contribution is -2.29. The van der Waals surface area contributed by atoms with E-state index in [0.717, 1.165) is 29.9 Å². The van der Waals surface area contributed by atoms with Crippen molar-refractivity contribution in [1.82, 2.24) is 0 Å². The molecule has 0 unspecified atom stereocenters. The SMILES string of the molecule is CC1CCC(CC2CCC(C)(c3ccc(Cc4ccc(N)cc4)cc3)CC2)CC1. The van der Waals surface area contributed by atoms with E-state index in [-0.39, 0.29) is 0 Å². The first-order valence-electron chi connectivity index (χ1n) is 11.9. The van der Waals surface area contributed by atoms with Crippen LogP contribution in [-0.2, 0) is 11.8 Å². The maximum atomic E-state index is 5.80. The van der Waals surface area contributed by atoms with E-state index in [0.29, 0.717) is 5.41 Å². The van der Waals surface area contributed by atoms with Crippen molar-refractivity contribution < 1.29 is 0 Å². The molecule has 1 nitrogen and oxygen atoms in total. The van der Waals surface area contributed by atoms with Gasteiger partial charge >= 0.3 is 0 Å². The summed E-state index contributed by atoms with van der Waals surface area (Å²) >= 11 is 0. The molecule has 2 aliphatic rings. The number of rotatable bonds is 5. The number of benzene rings is 2. The zero-order chi connectivity index (χ0) is 20.3. The van der Waals surface area contributed by atoms with Gasteiger partial charge in [-0.3, -0.25) is 0 Å². The average molecular weight is 390 g/mol. The topological polar surface area (TPSA) is 26.0 Å². The van der Waals surface area contributed by atoms with Crippen molar-refractivity contribution in [3.63, 3.8) is 0 Å². The van der Waals surface area contributed by atoms with Crippen LogP contribution in [0, 0.1) is 17.8 Å². The number of hydrogen-bond acceptors (Lipinski definition) is 1. The van der Waals surface area contributed by atoms with Gasteiger partial charge in [0.25, 0.3) is 0 Å². The van der Waals surface area contributed by atoms with E-state index in [1.807, 2.05) is 12.1 Å². The van der Waals surface area contributed by atoms with Gasteiger partial charge in [-0.25, -0.2) is 0 Å². The summed E-state index contributed by atoms with van der Waals surface area (Å²) in [5, 5.41) is 0. The molecule has 29 heavy (non-hydrogen) atoms. The van der Waals surface area contributed by atoms with Gasteiger partial charge in [-0.05, 0) is 90.5 Å². The molecular weight excluding hydrogens is 350 g/mol. The molecule has 0 spiro atoms. The maximum absolute atomic E-state index is 5.80. The van der Waals surface area contributed by atoms with E-state index >= 15 is 0 Å². The van der Waals surface area contributed by atoms with Gasteiger partial charge in [-0.2, -0.15) is 0 Å². The van der Waals surface area contributed by atoms with Crippen molar-refractivity contribution in [1.29, 1.82) is 0 Å². The Hall–Kier alpha value is -1.76. The van der Waals surface area contributed by atoms with Crippen molar-refractivity contribution in [3.8, 4) is 0 Å². The lowest BCUT2D eigenvalue weighted by molar-refractivity contribution is 0.185. The fourth-order valence-electron chi connectivity index (χ4n) is 5.77. The minimum absolute atomic E-state index is 0.372. The number of nitrogen functional groups attached to an aromatic ring is 1. The number of anilines is 1. The summed E-state index contributed by atoms with van der Waals surface area (Å²) in [5.41, 5.74) is 11.3. The first kappa shape index (κ1) is 20.5. The highest BCUT2D eigenvalue weighted by molar-refractivity contribution is 5.41. The van der Waals surface area contributed by atoms with Crippen LogP contribution in [0.2, 0.25) is 0 Å². The van der Waals surface area contributed by atoms with Crippen molar-refractivity contribution in [3.05, 3.63) is 65.2 Å². The van der Waals surface area contributed by atoms with Gasteiger partial charge in [-0.1, -0.05) is 75.9 Å². The zero-order valence-electron chi connectivity index (χ0n) is 18.5. The summed E-state index contributed by atoms with van der Waals surface area (Å²) in [5.74, 6) is 2.98. The molecule has 1 heteroatoms. The van der Waals surface area contributed by atoms with Crippen molar-refractivity contribution in [2.45, 2.75) is 83.5 Å². The van der Waals surface area contributed by atoms with Gasteiger partial charge in [0.15, 0.2) is 0 Å². The molecule has 0 aromatic heterocycles. The van der Waals surface area contributed by atoms with Crippen molar-refractivity contribution in [2.24, 2.45) is 17.8 Å². The molecule has 156 valence electrons. The summed E-state index contributed by atoms with van der Waals surface area (Å²) in [6.07, 6.45) is 14.0. The third-order valence-corrected chi connectivity index (χ3v) is 8.05. The molecule has 2 aromatic carbocycles. The molecule has 2 fully saturated rings. The minimum Gasteiger partial charge on any atom is -0.399 e. The highest BCUT2D eigenvalue weighted by Crippen LogP contribution is 2.44. The van der Waals surface area contributed by atoms with Gasteiger partial charge in [0.2, 0.25) is 0 Å². The predicted octanol–water partition coefficient (Wildman–Crippen LogP) is 7.52. The van der Waals surface area contributed by atoms with Crippen LogP contribution in [0.25, 0.3) is 0 Å². The van der Waals surface area contributed by atoms with Gasteiger partial charge in [0.05, 0.1) is 0 Å². The molecule has 0 saturated heterocycles. The van der Waals surface area contributed by atoms with E-state index in [1.165, 1.54) is 68.9 Å². The standard InChI is InChI=1S/C28H39N/c1-21-3-5-22(6-4-21)20-25-15-17-28(2,18-16-25)26-11-7-23(8-12-26)19-24-9-13-27(29)14-10-24/h7-14,21-22,25H,3-6,15-20,29H2,1-2H3. The van der Waals surface area contributed by atoms with Gasteiger partial charge < -0.3 is 5.73 Å². The summed E-state index contributed by atoms with van der Waals surface area (Å²) in [6, 6.07) is 17.7. The molecule has 0 atom stereocenters. The summed E-state index contributed by atoms with van der Waals surface area (Å²) in [7, 11) is 0. The van der Waals surface area contributed by atoms with Gasteiger partial charge in [-0.15, -0.1) is 0 Å². The minimum atomic E-state index is 0.372. The number of nitrogens with two attached hydrogens (primary N) is 1. The molecule has 0 amide bonds. The Morgan fingerprint density at radius 2 is 1.28 bits per heavy atom. The van der Waals surface area contributed by atoms with E-state index < -0.39 is 0 Å². The molecule has 0 bridgehead atoms. The smallest absolute Gasteiger partial charge is 0.0314 e.